The monoisotopic (exact) mass is 283 g/mol. The fraction of sp³-hybridized carbons (Fsp3) is 0.0714. The highest BCUT2D eigenvalue weighted by atomic mass is 35.5. The zero-order valence-corrected chi connectivity index (χ0v) is 11.2. The summed E-state index contributed by atoms with van der Waals surface area (Å²) in [4.78, 5) is 0. The second kappa shape index (κ2) is 5.77. The fourth-order valence-corrected chi connectivity index (χ4v) is 2.13. The molecule has 0 saturated heterocycles. The van der Waals surface area contributed by atoms with Crippen molar-refractivity contribution in [2.45, 2.75) is 6.42 Å². The number of hydrogen-bond acceptors (Lipinski definition) is 0. The topological polar surface area (TPSA) is 0 Å². The Kier molecular flexibility index (Phi) is 4.33. The Balaban J connectivity index is 2.04. The lowest BCUT2D eigenvalue weighted by atomic mass is 10.0. The van der Waals surface area contributed by atoms with E-state index >= 15 is 0 Å². The SMILES string of the molecule is Clc1ccc(C[CH]c2ccc(Cl)cc2Cl)cc1. The smallest absolute Gasteiger partial charge is 0.0455 e. The molecule has 1 radical (unpaired) electrons. The minimum absolute atomic E-state index is 0.652. The summed E-state index contributed by atoms with van der Waals surface area (Å²) in [5.74, 6) is 0. The van der Waals surface area contributed by atoms with Gasteiger partial charge < -0.3 is 0 Å². The van der Waals surface area contributed by atoms with E-state index in [0.717, 1.165) is 17.0 Å². The number of benzene rings is 2. The van der Waals surface area contributed by atoms with E-state index in [9.17, 15) is 0 Å². The Morgan fingerprint density at radius 3 is 2.12 bits per heavy atom. The first-order valence-corrected chi connectivity index (χ1v) is 6.31. The standard InChI is InChI=1S/C14H10Cl3/c15-12-6-2-10(3-7-12)1-4-11-5-8-13(16)9-14(11)17/h2-9H,1H2. The largest absolute Gasteiger partial charge is 0.0843 e. The summed E-state index contributed by atoms with van der Waals surface area (Å²) in [6, 6.07) is 13.3. The van der Waals surface area contributed by atoms with E-state index in [0.29, 0.717) is 10.0 Å². The third kappa shape index (κ3) is 3.64. The van der Waals surface area contributed by atoms with Crippen LogP contribution in [-0.4, -0.2) is 0 Å². The molecule has 0 saturated carbocycles. The summed E-state index contributed by atoms with van der Waals surface area (Å²) in [5.41, 5.74) is 2.19. The highest BCUT2D eigenvalue weighted by Gasteiger charge is 2.02. The van der Waals surface area contributed by atoms with E-state index < -0.39 is 0 Å². The Bertz CT molecular complexity index is 503. The van der Waals surface area contributed by atoms with Crippen molar-refractivity contribution in [3.63, 3.8) is 0 Å². The highest BCUT2D eigenvalue weighted by molar-refractivity contribution is 6.35. The first kappa shape index (κ1) is 12.8. The Hall–Kier alpha value is -0.690. The normalized spacial score (nSPS) is 10.5. The van der Waals surface area contributed by atoms with Crippen molar-refractivity contribution < 1.29 is 0 Å². The van der Waals surface area contributed by atoms with Gasteiger partial charge in [-0.1, -0.05) is 53.0 Å². The van der Waals surface area contributed by atoms with Crippen LogP contribution in [0.1, 0.15) is 11.1 Å². The lowest BCUT2D eigenvalue weighted by molar-refractivity contribution is 1.17. The van der Waals surface area contributed by atoms with Crippen LogP contribution in [0.3, 0.4) is 0 Å². The minimum Gasteiger partial charge on any atom is -0.0843 e. The molecule has 0 aliphatic carbocycles. The second-order valence-corrected chi connectivity index (χ2v) is 4.98. The lowest BCUT2D eigenvalue weighted by Gasteiger charge is -2.04. The second-order valence-electron chi connectivity index (χ2n) is 3.70. The van der Waals surface area contributed by atoms with Gasteiger partial charge in [-0.25, -0.2) is 0 Å². The van der Waals surface area contributed by atoms with E-state index in [1.807, 2.05) is 36.4 Å². The molecule has 0 N–H and O–H groups in total. The lowest BCUT2D eigenvalue weighted by Crippen LogP contribution is -1.89. The molecule has 0 unspecified atom stereocenters. The first-order valence-electron chi connectivity index (χ1n) is 5.18. The van der Waals surface area contributed by atoms with Crippen LogP contribution in [0.5, 0.6) is 0 Å². The molecule has 0 nitrogen and oxygen atoms in total. The Labute approximate surface area is 116 Å². The van der Waals surface area contributed by atoms with Gasteiger partial charge in [0.25, 0.3) is 0 Å². The van der Waals surface area contributed by atoms with E-state index in [1.165, 1.54) is 5.56 Å². The van der Waals surface area contributed by atoms with Crippen molar-refractivity contribution in [2.24, 2.45) is 0 Å². The summed E-state index contributed by atoms with van der Waals surface area (Å²) in [5, 5.41) is 2.07. The molecule has 2 aromatic carbocycles. The third-order valence-electron chi connectivity index (χ3n) is 2.43. The molecule has 0 atom stereocenters. The van der Waals surface area contributed by atoms with Crippen molar-refractivity contribution in [2.75, 3.05) is 0 Å². The molecular weight excluding hydrogens is 275 g/mol. The first-order chi connectivity index (χ1) is 8.15. The molecule has 0 bridgehead atoms. The van der Waals surface area contributed by atoms with Crippen molar-refractivity contribution in [1.82, 2.24) is 0 Å². The molecular formula is C14H10Cl3. The van der Waals surface area contributed by atoms with Crippen molar-refractivity contribution in [1.29, 1.82) is 0 Å². The average molecular weight is 285 g/mol. The maximum Gasteiger partial charge on any atom is 0.0455 e. The summed E-state index contributed by atoms with van der Waals surface area (Å²) < 4.78 is 0. The quantitative estimate of drug-likeness (QED) is 0.704. The van der Waals surface area contributed by atoms with Crippen molar-refractivity contribution in [3.05, 3.63) is 75.1 Å². The molecule has 2 aromatic rings. The van der Waals surface area contributed by atoms with Gasteiger partial charge in [0.05, 0.1) is 0 Å². The summed E-state index contributed by atoms with van der Waals surface area (Å²) >= 11 is 17.7. The van der Waals surface area contributed by atoms with E-state index in [-0.39, 0.29) is 0 Å². The number of rotatable bonds is 3. The van der Waals surface area contributed by atoms with Gasteiger partial charge in [0, 0.05) is 15.1 Å². The van der Waals surface area contributed by atoms with Gasteiger partial charge in [-0.2, -0.15) is 0 Å². The van der Waals surface area contributed by atoms with Crippen LogP contribution in [-0.2, 0) is 6.42 Å². The summed E-state index contributed by atoms with van der Waals surface area (Å²) in [6.45, 7) is 0. The summed E-state index contributed by atoms with van der Waals surface area (Å²) in [6.07, 6.45) is 2.89. The summed E-state index contributed by atoms with van der Waals surface area (Å²) in [7, 11) is 0. The van der Waals surface area contributed by atoms with Crippen LogP contribution >= 0.6 is 34.8 Å². The maximum absolute atomic E-state index is 6.08. The molecule has 2 rings (SSSR count). The molecule has 0 aliphatic heterocycles. The number of hydrogen-bond donors (Lipinski definition) is 0. The van der Waals surface area contributed by atoms with E-state index in [2.05, 4.69) is 6.42 Å². The molecule has 0 spiro atoms. The predicted octanol–water partition coefficient (Wildman–Crippen LogP) is 5.44. The number of halogens is 3. The van der Waals surface area contributed by atoms with Crippen LogP contribution in [0.2, 0.25) is 15.1 Å². The van der Waals surface area contributed by atoms with Gasteiger partial charge in [-0.15, -0.1) is 0 Å². The van der Waals surface area contributed by atoms with E-state index in [1.54, 1.807) is 6.07 Å². The van der Waals surface area contributed by atoms with Crippen LogP contribution in [0, 0.1) is 6.42 Å². The Morgan fingerprint density at radius 2 is 1.47 bits per heavy atom. The van der Waals surface area contributed by atoms with Crippen molar-refractivity contribution >= 4 is 34.8 Å². The molecule has 0 aromatic heterocycles. The highest BCUT2D eigenvalue weighted by Crippen LogP contribution is 2.23. The fourth-order valence-electron chi connectivity index (χ4n) is 1.52. The maximum atomic E-state index is 6.08. The Morgan fingerprint density at radius 1 is 0.824 bits per heavy atom. The predicted molar refractivity (Wildman–Crippen MR) is 75.0 cm³/mol. The molecule has 0 heterocycles. The van der Waals surface area contributed by atoms with Crippen LogP contribution in [0.4, 0.5) is 0 Å². The van der Waals surface area contributed by atoms with Crippen LogP contribution in [0.25, 0.3) is 0 Å². The van der Waals surface area contributed by atoms with Gasteiger partial charge in [0.1, 0.15) is 0 Å². The van der Waals surface area contributed by atoms with Gasteiger partial charge in [-0.3, -0.25) is 0 Å². The molecule has 0 fully saturated rings. The van der Waals surface area contributed by atoms with Crippen LogP contribution in [0.15, 0.2) is 42.5 Å². The van der Waals surface area contributed by atoms with Gasteiger partial charge in [0.2, 0.25) is 0 Å². The van der Waals surface area contributed by atoms with Gasteiger partial charge in [-0.05, 0) is 48.2 Å². The van der Waals surface area contributed by atoms with Crippen molar-refractivity contribution in [3.8, 4) is 0 Å². The zero-order chi connectivity index (χ0) is 12.3. The molecule has 0 aliphatic rings. The molecule has 0 amide bonds. The van der Waals surface area contributed by atoms with Gasteiger partial charge in [0.15, 0.2) is 0 Å². The van der Waals surface area contributed by atoms with E-state index in [4.69, 9.17) is 34.8 Å². The zero-order valence-electron chi connectivity index (χ0n) is 8.96. The molecule has 3 heteroatoms. The van der Waals surface area contributed by atoms with Crippen LogP contribution < -0.4 is 0 Å². The minimum atomic E-state index is 0.652. The average Bonchev–Trinajstić information content (AvgIpc) is 2.30. The molecule has 87 valence electrons. The molecule has 17 heavy (non-hydrogen) atoms. The third-order valence-corrected chi connectivity index (χ3v) is 3.25. The van der Waals surface area contributed by atoms with Gasteiger partial charge >= 0.3 is 0 Å².